The van der Waals surface area contributed by atoms with E-state index >= 15 is 0 Å². The molecule has 358 valence electrons. The van der Waals surface area contributed by atoms with E-state index in [2.05, 4.69) is 49.4 Å². The highest BCUT2D eigenvalue weighted by atomic mass is 35.5. The van der Waals surface area contributed by atoms with Crippen LogP contribution in [0, 0.1) is 4.77 Å². The fourth-order valence-electron chi connectivity index (χ4n) is 4.60. The fourth-order valence-corrected chi connectivity index (χ4v) is 5.91. The Morgan fingerprint density at radius 3 is 1.69 bits per heavy atom. The van der Waals surface area contributed by atoms with Gasteiger partial charge in [0.25, 0.3) is 0 Å². The van der Waals surface area contributed by atoms with Gasteiger partial charge in [0.15, 0.2) is 15.7 Å². The van der Waals surface area contributed by atoms with Crippen LogP contribution in [0.25, 0.3) is 22.1 Å². The van der Waals surface area contributed by atoms with Crippen LogP contribution in [0.15, 0.2) is 102 Å². The average molecular weight is 1080 g/mol. The third-order valence-electron chi connectivity index (χ3n) is 7.29. The molecule has 0 aliphatic heterocycles. The first-order chi connectivity index (χ1) is 31.8. The molecule has 7 aromatic rings. The van der Waals surface area contributed by atoms with E-state index in [1.54, 1.807) is 36.7 Å². The second kappa shape index (κ2) is 29.3. The van der Waals surface area contributed by atoms with Gasteiger partial charge in [0.1, 0.15) is 27.6 Å². The molecule has 0 radical (unpaired) electrons. The number of pyridine rings is 2. The molecule has 1 amide bonds. The second-order valence-electron chi connectivity index (χ2n) is 12.2. The normalized spacial score (nSPS) is 10.4. The number of hydrogen-bond acceptors (Lipinski definition) is 12. The minimum absolute atomic E-state index is 0.0249. The quantitative estimate of drug-likeness (QED) is 0.0131. The lowest BCUT2D eigenvalue weighted by Crippen LogP contribution is -2.14. The zero-order valence-electron chi connectivity index (χ0n) is 33.6. The number of anilines is 2. The van der Waals surface area contributed by atoms with E-state index in [1.807, 2.05) is 0 Å². The fraction of sp³-hybridized carbons (Fsp3) is 0.175. The third-order valence-corrected chi connectivity index (χ3v) is 9.59. The summed E-state index contributed by atoms with van der Waals surface area (Å²) < 4.78 is 83.9. The van der Waals surface area contributed by atoms with Gasteiger partial charge in [0.2, 0.25) is 11.1 Å². The largest absolute Gasteiger partial charge is 0.435 e. The first-order valence-electron chi connectivity index (χ1n) is 18.2. The van der Waals surface area contributed by atoms with Crippen LogP contribution in [-0.2, 0) is 20.8 Å². The number of alkyl halides is 8. The van der Waals surface area contributed by atoms with Gasteiger partial charge in [-0.25, -0.2) is 15.0 Å². The first kappa shape index (κ1) is 55.8. The molecule has 4 heterocycles. The molecule has 0 atom stereocenters. The van der Waals surface area contributed by atoms with Crippen molar-refractivity contribution in [1.82, 2.24) is 29.9 Å². The molecule has 0 spiro atoms. The number of nitrogens with one attached hydrogen (secondary N) is 4. The van der Waals surface area contributed by atoms with Gasteiger partial charge in [-0.1, -0.05) is 47.1 Å². The second-order valence-corrected chi connectivity index (χ2v) is 15.3. The summed E-state index contributed by atoms with van der Waals surface area (Å²) in [6, 6.07) is 20.7. The summed E-state index contributed by atoms with van der Waals surface area (Å²) >= 11 is 32.4. The smallest absolute Gasteiger partial charge is 0.387 e. The van der Waals surface area contributed by atoms with Gasteiger partial charge in [-0.15, -0.1) is 23.2 Å². The number of rotatable bonds is 14. The molecule has 0 fully saturated rings. The van der Waals surface area contributed by atoms with E-state index < -0.39 is 25.1 Å². The van der Waals surface area contributed by atoms with Crippen LogP contribution in [0.2, 0.25) is 10.3 Å². The summed E-state index contributed by atoms with van der Waals surface area (Å²) in [6.45, 7) is -8.50. The standard InChI is InChI=1S/C15H11ClF2N4O2S.C10H9ClF2O2.C7H7F2NO.C6H4ClN3S.C2H2Cl2O/c16-12-5-10-11(6-19-12)22-15(21-10)25-7-13(23)20-8-1-3-9(4-2-8)24-14(17)18;11-6-8(14)5-7-1-3-9(4-2-7)15-10(12)13;8-7(9)11-6-3-1-5(10)2-4-6;7-5-1-3-4(2-8-5)10-6(11)9-3;3-1-2(4)5/h1-6,14H,7H2,(H,20,23)(H,21,22);1-4,10H,5-6H2;1-4,7H,10H2;1-2H,(H2,9,10,11);1H2. The SMILES string of the molecule is Nc1ccc(OC(F)F)cc1.O=C(CCl)Cc1ccc(OC(F)F)cc1.O=C(CSc1nc2cc(Cl)ncc2[nH]1)Nc1ccc(OC(F)F)cc1.O=C(Cl)CCl.S=c1[nH]c2cnc(Cl)cc2[nH]1. The van der Waals surface area contributed by atoms with Crippen LogP contribution in [0.1, 0.15) is 5.56 Å². The van der Waals surface area contributed by atoms with Crippen LogP contribution in [0.3, 0.4) is 0 Å². The molecule has 6 N–H and O–H groups in total. The number of carbonyl (C=O) groups excluding carboxylic acids is 3. The highest BCUT2D eigenvalue weighted by molar-refractivity contribution is 7.99. The highest BCUT2D eigenvalue weighted by Gasteiger charge is 2.10. The first-order valence-corrected chi connectivity index (χ1v) is 21.8. The highest BCUT2D eigenvalue weighted by Crippen LogP contribution is 2.23. The summed E-state index contributed by atoms with van der Waals surface area (Å²) in [7, 11) is 0. The van der Waals surface area contributed by atoms with Gasteiger partial charge in [0, 0.05) is 29.9 Å². The van der Waals surface area contributed by atoms with Crippen molar-refractivity contribution in [1.29, 1.82) is 0 Å². The molecule has 3 aromatic carbocycles. The number of ketones is 1. The van der Waals surface area contributed by atoms with Gasteiger partial charge in [-0.2, -0.15) is 26.3 Å². The number of nitrogens with two attached hydrogens (primary N) is 1. The summed E-state index contributed by atoms with van der Waals surface area (Å²) in [5, 5.41) is 3.52. The van der Waals surface area contributed by atoms with Crippen molar-refractivity contribution < 1.29 is 54.9 Å². The maximum atomic E-state index is 12.1. The summed E-state index contributed by atoms with van der Waals surface area (Å²) in [5.74, 6) is -0.172. The van der Waals surface area contributed by atoms with Crippen molar-refractivity contribution in [3.05, 3.63) is 118 Å². The van der Waals surface area contributed by atoms with Gasteiger partial charge >= 0.3 is 19.8 Å². The van der Waals surface area contributed by atoms with E-state index in [0.29, 0.717) is 37.1 Å². The Hall–Kier alpha value is -5.49. The van der Waals surface area contributed by atoms with Crippen LogP contribution in [0.4, 0.5) is 37.7 Å². The number of Topliss-reactive ketones (excluding diaryl/α,β-unsaturated/α-hetero) is 1. The Bertz CT molecular complexity index is 2690. The van der Waals surface area contributed by atoms with Crippen molar-refractivity contribution in [2.24, 2.45) is 0 Å². The molecule has 7 rings (SSSR count). The zero-order valence-corrected chi connectivity index (χ0v) is 39.1. The molecule has 67 heavy (non-hydrogen) atoms. The van der Waals surface area contributed by atoms with E-state index in [4.69, 9.17) is 76.0 Å². The molecule has 4 aromatic heterocycles. The van der Waals surface area contributed by atoms with Crippen LogP contribution < -0.4 is 25.3 Å². The van der Waals surface area contributed by atoms with Crippen LogP contribution in [0.5, 0.6) is 17.2 Å². The van der Waals surface area contributed by atoms with E-state index in [0.717, 1.165) is 22.1 Å². The molecular formula is C40H33Cl5F6N8O6S2. The number of amides is 1. The molecule has 0 saturated carbocycles. The Labute approximate surface area is 410 Å². The molecule has 0 unspecified atom stereocenters. The monoisotopic (exact) mass is 1070 g/mol. The summed E-state index contributed by atoms with van der Waals surface area (Å²) in [4.78, 5) is 53.4. The number of benzene rings is 3. The number of halogens is 11. The molecule has 0 saturated heterocycles. The predicted octanol–water partition coefficient (Wildman–Crippen LogP) is 11.7. The predicted molar refractivity (Wildman–Crippen MR) is 249 cm³/mol. The van der Waals surface area contributed by atoms with Crippen LogP contribution >= 0.6 is 82.0 Å². The molecule has 27 heteroatoms. The Kier molecular flexibility index (Phi) is 24.4. The van der Waals surface area contributed by atoms with Gasteiger partial charge < -0.3 is 40.2 Å². The summed E-state index contributed by atoms with van der Waals surface area (Å²) in [5.41, 5.74) is 10.2. The summed E-state index contributed by atoms with van der Waals surface area (Å²) in [6.07, 6.45) is 3.42. The number of nitrogens with zero attached hydrogens (tertiary/aromatic N) is 3. The van der Waals surface area contributed by atoms with Crippen molar-refractivity contribution in [2.75, 3.05) is 28.6 Å². The zero-order chi connectivity index (χ0) is 49.5. The minimum atomic E-state index is -2.88. The Morgan fingerprint density at radius 2 is 1.18 bits per heavy atom. The number of aromatic nitrogens is 6. The number of H-pyrrole nitrogens is 3. The third kappa shape index (κ3) is 22.7. The number of hydrogen-bond donors (Lipinski definition) is 5. The number of thioether (sulfide) groups is 1. The van der Waals surface area contributed by atoms with E-state index in [-0.39, 0.29) is 52.9 Å². The van der Waals surface area contributed by atoms with Crippen molar-refractivity contribution in [3.63, 3.8) is 0 Å². The molecule has 14 nitrogen and oxygen atoms in total. The number of carbonyl (C=O) groups is 3. The van der Waals surface area contributed by atoms with Gasteiger partial charge in [-0.3, -0.25) is 14.4 Å². The average Bonchev–Trinajstić information content (AvgIpc) is 3.86. The number of ether oxygens (including phenoxy) is 3. The van der Waals surface area contributed by atoms with Gasteiger partial charge in [-0.05, 0) is 90.0 Å². The number of nitrogen functional groups attached to an aromatic ring is 1. The topological polar surface area (TPSA) is 203 Å². The molecule has 0 aliphatic rings. The van der Waals surface area contributed by atoms with Crippen LogP contribution in [-0.4, -0.2) is 84.2 Å². The molecular weight excluding hydrogens is 1040 g/mol. The van der Waals surface area contributed by atoms with Crippen molar-refractivity contribution >= 4 is 132 Å². The Balaban J connectivity index is 0.000000243. The van der Waals surface area contributed by atoms with E-state index in [1.165, 1.54) is 72.4 Å². The Morgan fingerprint density at radius 1 is 0.701 bits per heavy atom. The van der Waals surface area contributed by atoms with Gasteiger partial charge in [0.05, 0.1) is 52.0 Å². The maximum absolute atomic E-state index is 12.1. The molecule has 0 bridgehead atoms. The lowest BCUT2D eigenvalue weighted by atomic mass is 10.1. The molecule has 0 aliphatic carbocycles. The number of imidazole rings is 2. The van der Waals surface area contributed by atoms with E-state index in [9.17, 15) is 40.7 Å². The lowest BCUT2D eigenvalue weighted by molar-refractivity contribution is -0.116. The minimum Gasteiger partial charge on any atom is -0.435 e. The lowest BCUT2D eigenvalue weighted by Gasteiger charge is -2.07. The number of fused-ring (bicyclic) bond motifs is 2. The maximum Gasteiger partial charge on any atom is 0.387 e. The number of aromatic amines is 3. The van der Waals surface area contributed by atoms with Crippen molar-refractivity contribution in [2.45, 2.75) is 31.4 Å². The van der Waals surface area contributed by atoms with Crippen molar-refractivity contribution in [3.8, 4) is 17.2 Å².